The van der Waals surface area contributed by atoms with Crippen LogP contribution in [0.25, 0.3) is 0 Å². The van der Waals surface area contributed by atoms with Crippen LogP contribution in [0.3, 0.4) is 0 Å². The molecule has 0 saturated heterocycles. The number of rotatable bonds is 5. The van der Waals surface area contributed by atoms with Gasteiger partial charge in [-0.2, -0.15) is 0 Å². The summed E-state index contributed by atoms with van der Waals surface area (Å²) in [7, 11) is 0. The third-order valence-electron chi connectivity index (χ3n) is 3.04. The van der Waals surface area contributed by atoms with Crippen LogP contribution in [0.5, 0.6) is 5.75 Å². The highest BCUT2D eigenvalue weighted by atomic mass is 16.5. The van der Waals surface area contributed by atoms with Crippen LogP contribution in [0.1, 0.15) is 12.5 Å². The summed E-state index contributed by atoms with van der Waals surface area (Å²) in [6.45, 7) is 5.74. The summed E-state index contributed by atoms with van der Waals surface area (Å²) < 4.78 is 11.0. The Morgan fingerprint density at radius 2 is 2.21 bits per heavy atom. The highest BCUT2D eigenvalue weighted by Crippen LogP contribution is 2.34. The van der Waals surface area contributed by atoms with Crippen LogP contribution in [0.15, 0.2) is 18.2 Å². The number of aryl methyl sites for hydroxylation is 1. The normalized spacial score (nSPS) is 18.2. The van der Waals surface area contributed by atoms with E-state index in [-0.39, 0.29) is 5.91 Å². The van der Waals surface area contributed by atoms with Gasteiger partial charge in [0.05, 0.1) is 18.9 Å². The minimum atomic E-state index is -0.454. The number of nitrogens with zero attached hydrogens (tertiary/aromatic N) is 1. The average molecular weight is 264 g/mol. The van der Waals surface area contributed by atoms with Gasteiger partial charge in [-0.1, -0.05) is 6.07 Å². The molecule has 1 aliphatic heterocycles. The second-order valence-electron chi connectivity index (χ2n) is 4.62. The molecule has 5 heteroatoms. The molecule has 1 aromatic rings. The third-order valence-corrected chi connectivity index (χ3v) is 3.04. The Morgan fingerprint density at radius 1 is 1.42 bits per heavy atom. The molecule has 5 nitrogen and oxygen atoms in total. The molecule has 0 bridgehead atoms. The molecule has 104 valence electrons. The molecule has 0 aliphatic carbocycles. The van der Waals surface area contributed by atoms with Gasteiger partial charge in [-0.05, 0) is 31.5 Å². The molecule has 1 unspecified atom stereocenters. The quantitative estimate of drug-likeness (QED) is 0.808. The van der Waals surface area contributed by atoms with Crippen LogP contribution in [-0.2, 0) is 9.53 Å². The van der Waals surface area contributed by atoms with E-state index in [4.69, 9.17) is 15.2 Å². The molecule has 2 N–H and O–H groups in total. The molecule has 0 aromatic heterocycles. The van der Waals surface area contributed by atoms with Crippen molar-refractivity contribution in [3.63, 3.8) is 0 Å². The Bertz CT molecular complexity index is 462. The molecule has 0 radical (unpaired) electrons. The highest BCUT2D eigenvalue weighted by Gasteiger charge is 2.31. The van der Waals surface area contributed by atoms with Crippen molar-refractivity contribution < 1.29 is 14.3 Å². The van der Waals surface area contributed by atoms with Gasteiger partial charge in [0.15, 0.2) is 6.10 Å². The van der Waals surface area contributed by atoms with E-state index in [2.05, 4.69) is 0 Å². The first-order valence-corrected chi connectivity index (χ1v) is 6.50. The van der Waals surface area contributed by atoms with E-state index in [1.54, 1.807) is 11.8 Å². The molecule has 1 heterocycles. The van der Waals surface area contributed by atoms with Gasteiger partial charge in [-0.3, -0.25) is 4.79 Å². The first-order chi connectivity index (χ1) is 9.13. The number of carbonyl (C=O) groups is 1. The van der Waals surface area contributed by atoms with Crippen molar-refractivity contribution >= 4 is 11.6 Å². The second kappa shape index (κ2) is 6.04. The molecule has 1 aromatic carbocycles. The molecule has 1 aliphatic rings. The van der Waals surface area contributed by atoms with Gasteiger partial charge in [0, 0.05) is 13.1 Å². The number of nitrogens with two attached hydrogens (primary N) is 1. The Hall–Kier alpha value is -1.59. The highest BCUT2D eigenvalue weighted by molar-refractivity contribution is 5.99. The molecule has 1 amide bonds. The van der Waals surface area contributed by atoms with E-state index in [1.165, 1.54) is 0 Å². The summed E-state index contributed by atoms with van der Waals surface area (Å²) in [5.74, 6) is 0.714. The number of ether oxygens (including phenoxy) is 2. The van der Waals surface area contributed by atoms with Crippen molar-refractivity contribution in [3.05, 3.63) is 23.8 Å². The summed E-state index contributed by atoms with van der Waals surface area (Å²) in [5, 5.41) is 0. The van der Waals surface area contributed by atoms with Gasteiger partial charge in [-0.15, -0.1) is 0 Å². The summed E-state index contributed by atoms with van der Waals surface area (Å²) >= 11 is 0. The minimum absolute atomic E-state index is 0.0329. The monoisotopic (exact) mass is 264 g/mol. The number of anilines is 1. The SMILES string of the molecule is Cc1ccc2c(c1)N(CCOCCN)C(=O)C(C)O2. The van der Waals surface area contributed by atoms with Crippen LogP contribution in [-0.4, -0.2) is 38.3 Å². The molecular formula is C14H20N2O3. The zero-order valence-electron chi connectivity index (χ0n) is 11.4. The number of hydrogen-bond acceptors (Lipinski definition) is 4. The van der Waals surface area contributed by atoms with Gasteiger partial charge in [0.1, 0.15) is 5.75 Å². The molecule has 2 rings (SSSR count). The van der Waals surface area contributed by atoms with Crippen molar-refractivity contribution in [2.75, 3.05) is 31.2 Å². The van der Waals surface area contributed by atoms with Crippen molar-refractivity contribution in [3.8, 4) is 5.75 Å². The van der Waals surface area contributed by atoms with Crippen LogP contribution < -0.4 is 15.4 Å². The maximum Gasteiger partial charge on any atom is 0.267 e. The summed E-state index contributed by atoms with van der Waals surface area (Å²) in [6.07, 6.45) is -0.454. The first kappa shape index (κ1) is 13.8. The van der Waals surface area contributed by atoms with Gasteiger partial charge in [-0.25, -0.2) is 0 Å². The standard InChI is InChI=1S/C14H20N2O3/c1-10-3-4-13-12(9-10)16(6-8-18-7-5-15)14(17)11(2)19-13/h3-4,9,11H,5-8,15H2,1-2H3. The predicted molar refractivity (Wildman–Crippen MR) is 73.5 cm³/mol. The lowest BCUT2D eigenvalue weighted by Crippen LogP contribution is -2.46. The molecule has 19 heavy (non-hydrogen) atoms. The lowest BCUT2D eigenvalue weighted by Gasteiger charge is -2.33. The smallest absolute Gasteiger partial charge is 0.267 e. The van der Waals surface area contributed by atoms with E-state index in [1.807, 2.05) is 25.1 Å². The van der Waals surface area contributed by atoms with E-state index in [0.29, 0.717) is 26.3 Å². The van der Waals surface area contributed by atoms with E-state index in [9.17, 15) is 4.79 Å². The number of hydrogen-bond donors (Lipinski definition) is 1. The van der Waals surface area contributed by atoms with Gasteiger partial charge in [0.2, 0.25) is 0 Å². The fraction of sp³-hybridized carbons (Fsp3) is 0.500. The van der Waals surface area contributed by atoms with Crippen molar-refractivity contribution in [2.24, 2.45) is 5.73 Å². The zero-order valence-corrected chi connectivity index (χ0v) is 11.4. The molecule has 1 atom stereocenters. The summed E-state index contributed by atoms with van der Waals surface area (Å²) in [6, 6.07) is 5.84. The maximum atomic E-state index is 12.2. The Labute approximate surface area is 113 Å². The zero-order chi connectivity index (χ0) is 13.8. The number of fused-ring (bicyclic) bond motifs is 1. The van der Waals surface area contributed by atoms with Crippen LogP contribution in [0.4, 0.5) is 5.69 Å². The van der Waals surface area contributed by atoms with Gasteiger partial charge >= 0.3 is 0 Å². The largest absolute Gasteiger partial charge is 0.479 e. The number of benzene rings is 1. The molecule has 0 spiro atoms. The fourth-order valence-electron chi connectivity index (χ4n) is 2.09. The van der Waals surface area contributed by atoms with Crippen molar-refractivity contribution in [1.29, 1.82) is 0 Å². The van der Waals surface area contributed by atoms with Crippen molar-refractivity contribution in [1.82, 2.24) is 0 Å². The fourth-order valence-corrected chi connectivity index (χ4v) is 2.09. The predicted octanol–water partition coefficient (Wildman–Crippen LogP) is 1.08. The second-order valence-corrected chi connectivity index (χ2v) is 4.62. The Morgan fingerprint density at radius 3 is 2.95 bits per heavy atom. The minimum Gasteiger partial charge on any atom is -0.479 e. The van der Waals surface area contributed by atoms with Crippen LogP contribution in [0.2, 0.25) is 0 Å². The van der Waals surface area contributed by atoms with Gasteiger partial charge < -0.3 is 20.1 Å². The Kier molecular flexibility index (Phi) is 4.39. The molecular weight excluding hydrogens is 244 g/mol. The lowest BCUT2D eigenvalue weighted by atomic mass is 10.1. The van der Waals surface area contributed by atoms with Crippen LogP contribution in [0, 0.1) is 6.92 Å². The first-order valence-electron chi connectivity index (χ1n) is 6.50. The number of amides is 1. The Balaban J connectivity index is 2.16. The van der Waals surface area contributed by atoms with E-state index < -0.39 is 6.10 Å². The molecule has 0 saturated carbocycles. The summed E-state index contributed by atoms with van der Waals surface area (Å²) in [4.78, 5) is 13.9. The lowest BCUT2D eigenvalue weighted by molar-refractivity contribution is -0.125. The maximum absolute atomic E-state index is 12.2. The van der Waals surface area contributed by atoms with E-state index in [0.717, 1.165) is 17.0 Å². The molecule has 0 fully saturated rings. The third kappa shape index (κ3) is 3.05. The van der Waals surface area contributed by atoms with Crippen molar-refractivity contribution in [2.45, 2.75) is 20.0 Å². The average Bonchev–Trinajstić information content (AvgIpc) is 2.39. The topological polar surface area (TPSA) is 64.8 Å². The van der Waals surface area contributed by atoms with Crippen LogP contribution >= 0.6 is 0 Å². The van der Waals surface area contributed by atoms with E-state index >= 15 is 0 Å². The number of carbonyl (C=O) groups excluding carboxylic acids is 1. The summed E-state index contributed by atoms with van der Waals surface area (Å²) in [5.41, 5.74) is 7.28. The van der Waals surface area contributed by atoms with Gasteiger partial charge in [0.25, 0.3) is 5.91 Å².